The average molecular weight is 517 g/mol. The highest BCUT2D eigenvalue weighted by Crippen LogP contribution is 2.61. The quantitative estimate of drug-likeness (QED) is 0.525. The second kappa shape index (κ2) is 8.81. The van der Waals surface area contributed by atoms with Gasteiger partial charge in [-0.15, -0.1) is 0 Å². The van der Waals surface area contributed by atoms with Crippen molar-refractivity contribution in [3.05, 3.63) is 11.6 Å². The van der Waals surface area contributed by atoms with Crippen molar-refractivity contribution in [2.75, 3.05) is 11.9 Å². The van der Waals surface area contributed by atoms with Crippen LogP contribution in [0.1, 0.15) is 78.4 Å². The summed E-state index contributed by atoms with van der Waals surface area (Å²) >= 11 is 6.28. The van der Waals surface area contributed by atoms with Crippen LogP contribution in [-0.2, 0) is 9.53 Å². The molecule has 0 aromatic carbocycles. The van der Waals surface area contributed by atoms with Gasteiger partial charge in [0.25, 0.3) is 0 Å². The van der Waals surface area contributed by atoms with Crippen LogP contribution in [0.15, 0.2) is 6.33 Å². The molecule has 2 aromatic rings. The molecule has 1 amide bonds. The molecule has 9 nitrogen and oxygen atoms in total. The van der Waals surface area contributed by atoms with Crippen LogP contribution in [0.3, 0.4) is 0 Å². The van der Waals surface area contributed by atoms with Crippen LogP contribution in [0.2, 0.25) is 5.28 Å². The second-order valence-corrected chi connectivity index (χ2v) is 12.3. The molecule has 6 rings (SSSR count). The Morgan fingerprint density at radius 3 is 2.86 bits per heavy atom. The van der Waals surface area contributed by atoms with Crippen molar-refractivity contribution >= 4 is 34.5 Å². The van der Waals surface area contributed by atoms with Gasteiger partial charge in [0.05, 0.1) is 18.5 Å². The van der Waals surface area contributed by atoms with Crippen molar-refractivity contribution in [2.45, 2.75) is 96.1 Å². The molecule has 3 N–H and O–H groups in total. The number of hydrogen-bond donors (Lipinski definition) is 3. The Morgan fingerprint density at radius 2 is 2.06 bits per heavy atom. The highest BCUT2D eigenvalue weighted by Gasteiger charge is 2.59. The van der Waals surface area contributed by atoms with E-state index in [1.807, 2.05) is 11.5 Å². The summed E-state index contributed by atoms with van der Waals surface area (Å²) in [6, 6.07) is 0.138. The first-order valence-corrected chi connectivity index (χ1v) is 13.8. The SMILES string of the molecule is CC(CO)Nc1nc(Cl)nc2c1ncn2[C@@H]1CC[C@H]2[C@@H]3CC[C@H]4NC(=O)CC[C@]4(C)[C@H]3CC[C@]2(C)O1. The zero-order valence-electron chi connectivity index (χ0n) is 21.3. The van der Waals surface area contributed by atoms with E-state index in [-0.39, 0.29) is 41.1 Å². The number of piperidine rings is 1. The molecule has 0 bridgehead atoms. The lowest BCUT2D eigenvalue weighted by Crippen LogP contribution is -2.63. The number of aliphatic hydroxyl groups is 1. The van der Waals surface area contributed by atoms with Gasteiger partial charge in [-0.2, -0.15) is 9.97 Å². The molecule has 4 aliphatic rings. The Balaban J connectivity index is 1.25. The van der Waals surface area contributed by atoms with E-state index in [1.165, 1.54) is 0 Å². The zero-order valence-corrected chi connectivity index (χ0v) is 22.1. The number of anilines is 1. The van der Waals surface area contributed by atoms with Crippen molar-refractivity contribution in [1.82, 2.24) is 24.8 Å². The number of amides is 1. The molecular weight excluding hydrogens is 480 g/mol. The maximum Gasteiger partial charge on any atom is 0.226 e. The Kier molecular flexibility index (Phi) is 5.96. The molecule has 2 saturated carbocycles. The van der Waals surface area contributed by atoms with Crippen LogP contribution in [0, 0.1) is 23.2 Å². The lowest BCUT2D eigenvalue weighted by atomic mass is 9.48. The molecule has 2 aromatic heterocycles. The number of hydrogen-bond acceptors (Lipinski definition) is 7. The summed E-state index contributed by atoms with van der Waals surface area (Å²) in [7, 11) is 0. The summed E-state index contributed by atoms with van der Waals surface area (Å²) in [5.41, 5.74) is 1.27. The first-order valence-electron chi connectivity index (χ1n) is 13.5. The Hall–Kier alpha value is -1.97. The standard InChI is InChI=1S/C26H37ClN6O3/c1-14(12-34)29-22-21-23(32-24(27)31-22)33(13-28-21)20-7-5-17-15-4-6-18-25(2,10-9-19(35)30-18)16(15)8-11-26(17,3)36-20/h13-18,20,34H,4-12H2,1-3H3,(H,30,35)(H,29,31,32)/t14?,15-,16+,17+,18-,20+,25-,26+/m1/s1. The van der Waals surface area contributed by atoms with Crippen molar-refractivity contribution in [3.8, 4) is 0 Å². The number of aromatic nitrogens is 4. The zero-order chi connectivity index (χ0) is 25.2. The second-order valence-electron chi connectivity index (χ2n) is 12.0. The van der Waals surface area contributed by atoms with E-state index in [0.29, 0.717) is 47.2 Å². The van der Waals surface area contributed by atoms with Crippen LogP contribution in [0.5, 0.6) is 0 Å². The number of carbonyl (C=O) groups excluding carboxylic acids is 1. The van der Waals surface area contributed by atoms with Gasteiger partial charge in [-0.1, -0.05) is 6.92 Å². The predicted octanol–water partition coefficient (Wildman–Crippen LogP) is 4.06. The van der Waals surface area contributed by atoms with Gasteiger partial charge >= 0.3 is 0 Å². The third-order valence-corrected chi connectivity index (χ3v) is 10.1. The topological polar surface area (TPSA) is 114 Å². The van der Waals surface area contributed by atoms with Crippen LogP contribution in [-0.4, -0.2) is 54.8 Å². The van der Waals surface area contributed by atoms with Gasteiger partial charge in [-0.05, 0) is 93.6 Å². The summed E-state index contributed by atoms with van der Waals surface area (Å²) in [4.78, 5) is 25.5. The third-order valence-electron chi connectivity index (χ3n) is 9.92. The smallest absolute Gasteiger partial charge is 0.226 e. The van der Waals surface area contributed by atoms with Gasteiger partial charge in [-0.3, -0.25) is 9.36 Å². The minimum atomic E-state index is -0.203. The van der Waals surface area contributed by atoms with E-state index < -0.39 is 0 Å². The lowest BCUT2D eigenvalue weighted by molar-refractivity contribution is -0.231. The molecule has 1 unspecified atom stereocenters. The van der Waals surface area contributed by atoms with E-state index in [1.54, 1.807) is 6.33 Å². The summed E-state index contributed by atoms with van der Waals surface area (Å²) in [6.45, 7) is 6.57. The Bertz CT molecular complexity index is 1170. The molecular formula is C26H37ClN6O3. The molecule has 36 heavy (non-hydrogen) atoms. The molecule has 4 heterocycles. The number of halogens is 1. The molecule has 0 spiro atoms. The molecule has 2 aliphatic heterocycles. The van der Waals surface area contributed by atoms with Gasteiger partial charge in [0.15, 0.2) is 17.0 Å². The van der Waals surface area contributed by atoms with E-state index in [2.05, 4.69) is 39.4 Å². The number of fused-ring (bicyclic) bond motifs is 6. The maximum absolute atomic E-state index is 12.1. The predicted molar refractivity (Wildman–Crippen MR) is 136 cm³/mol. The largest absolute Gasteiger partial charge is 0.394 e. The minimum Gasteiger partial charge on any atom is -0.394 e. The monoisotopic (exact) mass is 516 g/mol. The Morgan fingerprint density at radius 1 is 1.22 bits per heavy atom. The van der Waals surface area contributed by atoms with Gasteiger partial charge < -0.3 is 20.5 Å². The highest BCUT2D eigenvalue weighted by molar-refractivity contribution is 6.28. The minimum absolute atomic E-state index is 0.0242. The van der Waals surface area contributed by atoms with E-state index in [0.717, 1.165) is 44.9 Å². The van der Waals surface area contributed by atoms with Crippen molar-refractivity contribution in [1.29, 1.82) is 0 Å². The first kappa shape index (κ1) is 24.4. The molecule has 2 aliphatic carbocycles. The number of ether oxygens (including phenoxy) is 1. The number of nitrogens with zero attached hydrogens (tertiary/aromatic N) is 4. The molecule has 196 valence electrons. The fourth-order valence-corrected chi connectivity index (χ4v) is 8.19. The Labute approximate surface area is 216 Å². The summed E-state index contributed by atoms with van der Waals surface area (Å²) in [6.07, 6.45) is 9.66. The third kappa shape index (κ3) is 3.80. The van der Waals surface area contributed by atoms with Crippen LogP contribution in [0.25, 0.3) is 11.2 Å². The number of nitrogens with one attached hydrogen (secondary N) is 2. The summed E-state index contributed by atoms with van der Waals surface area (Å²) in [5, 5.41) is 16.1. The van der Waals surface area contributed by atoms with Crippen LogP contribution in [0.4, 0.5) is 5.82 Å². The number of imidazole rings is 1. The molecule has 10 heteroatoms. The number of carbonyl (C=O) groups is 1. The highest BCUT2D eigenvalue weighted by atomic mass is 35.5. The van der Waals surface area contributed by atoms with Crippen LogP contribution < -0.4 is 10.6 Å². The molecule has 8 atom stereocenters. The average Bonchev–Trinajstić information content (AvgIpc) is 3.27. The van der Waals surface area contributed by atoms with Gasteiger partial charge in [-0.25, -0.2) is 4.98 Å². The fraction of sp³-hybridized carbons (Fsp3) is 0.769. The normalized spacial score (nSPS) is 39.0. The van der Waals surface area contributed by atoms with Gasteiger partial charge in [0.2, 0.25) is 11.2 Å². The summed E-state index contributed by atoms with van der Waals surface area (Å²) < 4.78 is 8.94. The van der Waals surface area contributed by atoms with E-state index in [4.69, 9.17) is 16.3 Å². The van der Waals surface area contributed by atoms with Crippen molar-refractivity contribution in [2.24, 2.45) is 23.2 Å². The maximum atomic E-state index is 12.1. The molecule has 0 radical (unpaired) electrons. The molecule has 2 saturated heterocycles. The van der Waals surface area contributed by atoms with Crippen LogP contribution >= 0.6 is 11.6 Å². The van der Waals surface area contributed by atoms with Crippen molar-refractivity contribution in [3.63, 3.8) is 0 Å². The number of rotatable bonds is 4. The van der Waals surface area contributed by atoms with Crippen molar-refractivity contribution < 1.29 is 14.6 Å². The van der Waals surface area contributed by atoms with E-state index >= 15 is 0 Å². The van der Waals surface area contributed by atoms with E-state index in [9.17, 15) is 9.90 Å². The van der Waals surface area contributed by atoms with Gasteiger partial charge in [0, 0.05) is 18.5 Å². The fourth-order valence-electron chi connectivity index (χ4n) is 8.02. The van der Waals surface area contributed by atoms with Gasteiger partial charge in [0.1, 0.15) is 6.23 Å². The first-order chi connectivity index (χ1) is 17.2. The lowest BCUT2D eigenvalue weighted by Gasteiger charge is -2.62. The number of aliphatic hydroxyl groups excluding tert-OH is 1. The molecule has 4 fully saturated rings. The summed E-state index contributed by atoms with van der Waals surface area (Å²) in [5.74, 6) is 2.53.